The normalized spacial score (nSPS) is 11.4. The van der Waals surface area contributed by atoms with Crippen LogP contribution in [0.3, 0.4) is 0 Å². The summed E-state index contributed by atoms with van der Waals surface area (Å²) in [5.41, 5.74) is 3.93. The van der Waals surface area contributed by atoms with Crippen molar-refractivity contribution in [2.45, 2.75) is 46.2 Å². The van der Waals surface area contributed by atoms with E-state index in [-0.39, 0.29) is 25.0 Å². The Labute approximate surface area is 214 Å². The molecule has 0 aromatic heterocycles. The third kappa shape index (κ3) is 7.35. The van der Waals surface area contributed by atoms with Gasteiger partial charge in [0, 0.05) is 19.5 Å². The van der Waals surface area contributed by atoms with E-state index in [2.05, 4.69) is 5.32 Å². The van der Waals surface area contributed by atoms with Crippen LogP contribution in [0.1, 0.15) is 35.6 Å². The topological polar surface area (TPSA) is 67.9 Å². The highest BCUT2D eigenvalue weighted by molar-refractivity contribution is 5.88. The molecule has 6 nitrogen and oxygen atoms in total. The number of amides is 2. The minimum atomic E-state index is -0.695. The summed E-state index contributed by atoms with van der Waals surface area (Å²) >= 11 is 0. The second kappa shape index (κ2) is 13.3. The van der Waals surface area contributed by atoms with E-state index < -0.39 is 6.04 Å². The van der Waals surface area contributed by atoms with E-state index in [0.717, 1.165) is 28.7 Å². The molecule has 1 N–H and O–H groups in total. The second-order valence-electron chi connectivity index (χ2n) is 8.86. The van der Waals surface area contributed by atoms with Gasteiger partial charge in [0.2, 0.25) is 5.91 Å². The van der Waals surface area contributed by atoms with Crippen molar-refractivity contribution in [2.75, 3.05) is 20.3 Å². The number of nitrogens with zero attached hydrogens (tertiary/aromatic N) is 1. The van der Waals surface area contributed by atoms with Crippen LogP contribution in [0.4, 0.5) is 0 Å². The number of aryl methyl sites for hydroxylation is 1. The minimum Gasteiger partial charge on any atom is -0.497 e. The van der Waals surface area contributed by atoms with Crippen LogP contribution in [0.5, 0.6) is 11.5 Å². The van der Waals surface area contributed by atoms with Crippen molar-refractivity contribution in [1.29, 1.82) is 0 Å². The molecule has 36 heavy (non-hydrogen) atoms. The summed E-state index contributed by atoms with van der Waals surface area (Å²) in [7, 11) is 1.61. The van der Waals surface area contributed by atoms with Gasteiger partial charge in [0.1, 0.15) is 17.5 Å². The Morgan fingerprint density at radius 2 is 1.67 bits per heavy atom. The molecule has 0 aliphatic carbocycles. The summed E-state index contributed by atoms with van der Waals surface area (Å²) in [6.07, 6.45) is 1.21. The first kappa shape index (κ1) is 26.8. The molecule has 0 saturated carbocycles. The van der Waals surface area contributed by atoms with E-state index in [1.807, 2.05) is 93.6 Å². The monoisotopic (exact) mass is 488 g/mol. The zero-order valence-corrected chi connectivity index (χ0v) is 21.6. The van der Waals surface area contributed by atoms with Gasteiger partial charge in [0.25, 0.3) is 5.91 Å². The molecule has 0 heterocycles. The average molecular weight is 489 g/mol. The van der Waals surface area contributed by atoms with Crippen molar-refractivity contribution in [2.24, 2.45) is 0 Å². The van der Waals surface area contributed by atoms with Crippen molar-refractivity contribution in [1.82, 2.24) is 10.2 Å². The first-order valence-electron chi connectivity index (χ1n) is 12.4. The molecule has 3 rings (SSSR count). The summed E-state index contributed by atoms with van der Waals surface area (Å²) in [5, 5.41) is 2.99. The highest BCUT2D eigenvalue weighted by Crippen LogP contribution is 2.22. The van der Waals surface area contributed by atoms with E-state index >= 15 is 0 Å². The third-order valence-electron chi connectivity index (χ3n) is 6.21. The van der Waals surface area contributed by atoms with Crippen LogP contribution < -0.4 is 14.8 Å². The molecule has 0 saturated heterocycles. The number of rotatable bonds is 12. The maximum Gasteiger partial charge on any atom is 0.261 e. The zero-order chi connectivity index (χ0) is 25.9. The molecule has 0 aliphatic heterocycles. The summed E-state index contributed by atoms with van der Waals surface area (Å²) in [5.74, 6) is 0.927. The fourth-order valence-electron chi connectivity index (χ4n) is 3.99. The molecular weight excluding hydrogens is 452 g/mol. The number of methoxy groups -OCH3 is 1. The van der Waals surface area contributed by atoms with Gasteiger partial charge in [-0.05, 0) is 60.7 Å². The Kier molecular flexibility index (Phi) is 9.92. The molecule has 0 fully saturated rings. The van der Waals surface area contributed by atoms with Crippen LogP contribution in [-0.4, -0.2) is 43.0 Å². The van der Waals surface area contributed by atoms with Crippen LogP contribution in [-0.2, 0) is 22.6 Å². The van der Waals surface area contributed by atoms with Gasteiger partial charge >= 0.3 is 0 Å². The zero-order valence-electron chi connectivity index (χ0n) is 21.6. The van der Waals surface area contributed by atoms with Crippen molar-refractivity contribution in [3.8, 4) is 11.5 Å². The third-order valence-corrected chi connectivity index (χ3v) is 6.21. The quantitative estimate of drug-likeness (QED) is 0.396. The highest BCUT2D eigenvalue weighted by Gasteiger charge is 2.30. The molecule has 0 bridgehead atoms. The standard InChI is InChI=1S/C30H36N2O4/c1-5-17-31-30(34)27(19-24-12-7-6-8-13-24)32(20-25-14-10-15-26(18-25)35-4)29(33)21-36-28-16-9-11-22(2)23(28)3/h6-16,18,27H,5,17,19-21H2,1-4H3,(H,31,34)/t27-/m1/s1. The maximum absolute atomic E-state index is 13.7. The van der Waals surface area contributed by atoms with Crippen molar-refractivity contribution < 1.29 is 19.1 Å². The molecule has 0 radical (unpaired) electrons. The van der Waals surface area contributed by atoms with Gasteiger partial charge < -0.3 is 19.7 Å². The Hall–Kier alpha value is -3.80. The SMILES string of the molecule is CCCNC(=O)[C@@H](Cc1ccccc1)N(Cc1cccc(OC)c1)C(=O)COc1cccc(C)c1C. The van der Waals surface area contributed by atoms with Crippen molar-refractivity contribution in [3.63, 3.8) is 0 Å². The molecule has 3 aromatic rings. The Balaban J connectivity index is 1.92. The molecule has 190 valence electrons. The lowest BCUT2D eigenvalue weighted by Gasteiger charge is -2.31. The van der Waals surface area contributed by atoms with Crippen molar-refractivity contribution in [3.05, 3.63) is 95.1 Å². The molecule has 2 amide bonds. The lowest BCUT2D eigenvalue weighted by Crippen LogP contribution is -2.51. The molecule has 1 atom stereocenters. The first-order valence-corrected chi connectivity index (χ1v) is 12.4. The summed E-state index contributed by atoms with van der Waals surface area (Å²) in [6.45, 7) is 6.62. The summed E-state index contributed by atoms with van der Waals surface area (Å²) < 4.78 is 11.3. The van der Waals surface area contributed by atoms with E-state index in [1.165, 1.54) is 0 Å². The van der Waals surface area contributed by atoms with Crippen LogP contribution >= 0.6 is 0 Å². The Morgan fingerprint density at radius 3 is 2.39 bits per heavy atom. The van der Waals surface area contributed by atoms with Gasteiger partial charge in [0.15, 0.2) is 6.61 Å². The number of hydrogen-bond donors (Lipinski definition) is 1. The van der Waals surface area contributed by atoms with Crippen LogP contribution in [0.15, 0.2) is 72.8 Å². The first-order chi connectivity index (χ1) is 17.4. The molecule has 0 unspecified atom stereocenters. The number of carbonyl (C=O) groups is 2. The van der Waals surface area contributed by atoms with E-state index in [0.29, 0.717) is 24.5 Å². The number of nitrogens with one attached hydrogen (secondary N) is 1. The lowest BCUT2D eigenvalue weighted by atomic mass is 10.0. The number of hydrogen-bond acceptors (Lipinski definition) is 4. The second-order valence-corrected chi connectivity index (χ2v) is 8.86. The van der Waals surface area contributed by atoms with Crippen LogP contribution in [0, 0.1) is 13.8 Å². The van der Waals surface area contributed by atoms with E-state index in [9.17, 15) is 9.59 Å². The van der Waals surface area contributed by atoms with E-state index in [4.69, 9.17) is 9.47 Å². The average Bonchev–Trinajstić information content (AvgIpc) is 2.90. The maximum atomic E-state index is 13.7. The van der Waals surface area contributed by atoms with Gasteiger partial charge in [-0.3, -0.25) is 9.59 Å². The minimum absolute atomic E-state index is 0.166. The largest absolute Gasteiger partial charge is 0.497 e. The Bertz CT molecular complexity index is 1150. The fourth-order valence-corrected chi connectivity index (χ4v) is 3.99. The predicted octanol–water partition coefficient (Wildman–Crippen LogP) is 4.86. The Morgan fingerprint density at radius 1 is 0.944 bits per heavy atom. The number of carbonyl (C=O) groups excluding carboxylic acids is 2. The van der Waals surface area contributed by atoms with Gasteiger partial charge in [-0.25, -0.2) is 0 Å². The van der Waals surface area contributed by atoms with Gasteiger partial charge in [0.05, 0.1) is 7.11 Å². The molecule has 0 spiro atoms. The summed E-state index contributed by atoms with van der Waals surface area (Å²) in [6, 6.07) is 22.4. The molecule has 3 aromatic carbocycles. The molecule has 6 heteroatoms. The van der Waals surface area contributed by atoms with Crippen molar-refractivity contribution >= 4 is 11.8 Å². The fraction of sp³-hybridized carbons (Fsp3) is 0.333. The smallest absolute Gasteiger partial charge is 0.261 e. The summed E-state index contributed by atoms with van der Waals surface area (Å²) in [4.78, 5) is 28.7. The molecule has 0 aliphatic rings. The highest BCUT2D eigenvalue weighted by atomic mass is 16.5. The van der Waals surface area contributed by atoms with Crippen LogP contribution in [0.25, 0.3) is 0 Å². The van der Waals surface area contributed by atoms with Gasteiger partial charge in [-0.1, -0.05) is 61.5 Å². The molecular formula is C30H36N2O4. The van der Waals surface area contributed by atoms with Gasteiger partial charge in [-0.2, -0.15) is 0 Å². The predicted molar refractivity (Wildman–Crippen MR) is 142 cm³/mol. The number of ether oxygens (including phenoxy) is 2. The van der Waals surface area contributed by atoms with Gasteiger partial charge in [-0.15, -0.1) is 0 Å². The lowest BCUT2D eigenvalue weighted by molar-refractivity contribution is -0.142. The van der Waals surface area contributed by atoms with E-state index in [1.54, 1.807) is 12.0 Å². The van der Waals surface area contributed by atoms with Crippen LogP contribution in [0.2, 0.25) is 0 Å². The number of benzene rings is 3.